The van der Waals surface area contributed by atoms with Crippen molar-refractivity contribution < 1.29 is 9.47 Å². The largest absolute Gasteiger partial charge is 0.492 e. The Bertz CT molecular complexity index is 462. The molecule has 1 aromatic carbocycles. The normalized spacial score (nSPS) is 23.0. The summed E-state index contributed by atoms with van der Waals surface area (Å²) >= 11 is 0. The fraction of sp³-hybridized carbons (Fsp3) is 0.556. The van der Waals surface area contributed by atoms with E-state index in [4.69, 9.17) is 9.47 Å². The third-order valence-corrected chi connectivity index (χ3v) is 3.74. The summed E-state index contributed by atoms with van der Waals surface area (Å²) in [6.45, 7) is 13.8. The molecule has 2 rings (SSSR count). The number of allylic oxidation sites excluding steroid dienone is 1. The van der Waals surface area contributed by atoms with Crippen molar-refractivity contribution >= 4 is 0 Å². The van der Waals surface area contributed by atoms with Gasteiger partial charge in [0.15, 0.2) is 0 Å². The van der Waals surface area contributed by atoms with Crippen LogP contribution < -0.4 is 4.74 Å². The predicted molar refractivity (Wildman–Crippen MR) is 87.0 cm³/mol. The Kier molecular flexibility index (Phi) is 5.83. The maximum absolute atomic E-state index is 5.99. The Morgan fingerprint density at radius 1 is 1.33 bits per heavy atom. The van der Waals surface area contributed by atoms with Gasteiger partial charge in [-0.2, -0.15) is 0 Å². The molecule has 1 heterocycles. The highest BCUT2D eigenvalue weighted by Gasteiger charge is 2.21. The first-order valence-electron chi connectivity index (χ1n) is 7.79. The van der Waals surface area contributed by atoms with Crippen molar-refractivity contribution in [3.8, 4) is 5.75 Å². The molecule has 0 radical (unpaired) electrons. The van der Waals surface area contributed by atoms with Crippen LogP contribution in [0.4, 0.5) is 0 Å². The van der Waals surface area contributed by atoms with Crippen LogP contribution in [0.1, 0.15) is 25.0 Å². The van der Waals surface area contributed by atoms with Crippen molar-refractivity contribution in [3.05, 3.63) is 42.0 Å². The second-order valence-corrected chi connectivity index (χ2v) is 5.97. The second-order valence-electron chi connectivity index (χ2n) is 5.97. The van der Waals surface area contributed by atoms with Crippen LogP contribution in [0, 0.1) is 6.92 Å². The van der Waals surface area contributed by atoms with Gasteiger partial charge in [0.1, 0.15) is 12.4 Å². The third-order valence-electron chi connectivity index (χ3n) is 3.74. The van der Waals surface area contributed by atoms with Gasteiger partial charge in [-0.1, -0.05) is 23.8 Å². The molecule has 116 valence electrons. The Morgan fingerprint density at radius 2 is 2.05 bits per heavy atom. The van der Waals surface area contributed by atoms with E-state index in [-0.39, 0.29) is 0 Å². The molecule has 3 nitrogen and oxygen atoms in total. The van der Waals surface area contributed by atoms with Gasteiger partial charge >= 0.3 is 0 Å². The molecule has 1 fully saturated rings. The van der Waals surface area contributed by atoms with Crippen molar-refractivity contribution in [3.63, 3.8) is 0 Å². The number of rotatable bonds is 6. The minimum absolute atomic E-state index is 0.310. The summed E-state index contributed by atoms with van der Waals surface area (Å²) in [6, 6.07) is 6.34. The van der Waals surface area contributed by atoms with Crippen molar-refractivity contribution in [1.29, 1.82) is 0 Å². The van der Waals surface area contributed by atoms with E-state index < -0.39 is 0 Å². The first-order chi connectivity index (χ1) is 10.1. The van der Waals surface area contributed by atoms with Crippen molar-refractivity contribution in [2.45, 2.75) is 39.4 Å². The minimum atomic E-state index is 0.310. The molecule has 3 heteroatoms. The Morgan fingerprint density at radius 3 is 2.71 bits per heavy atom. The fourth-order valence-corrected chi connectivity index (χ4v) is 2.92. The van der Waals surface area contributed by atoms with E-state index in [2.05, 4.69) is 50.4 Å². The van der Waals surface area contributed by atoms with E-state index in [9.17, 15) is 0 Å². The molecule has 1 aromatic rings. The minimum Gasteiger partial charge on any atom is -0.492 e. The van der Waals surface area contributed by atoms with Crippen LogP contribution >= 0.6 is 0 Å². The fourth-order valence-electron chi connectivity index (χ4n) is 2.92. The van der Waals surface area contributed by atoms with Crippen LogP contribution in [0.5, 0.6) is 5.75 Å². The smallest absolute Gasteiger partial charge is 0.122 e. The van der Waals surface area contributed by atoms with Crippen LogP contribution in [-0.2, 0) is 11.2 Å². The molecule has 0 N–H and O–H groups in total. The quantitative estimate of drug-likeness (QED) is 0.751. The maximum Gasteiger partial charge on any atom is 0.122 e. The summed E-state index contributed by atoms with van der Waals surface area (Å²) in [5.74, 6) is 0.981. The highest BCUT2D eigenvalue weighted by atomic mass is 16.5. The lowest BCUT2D eigenvalue weighted by molar-refractivity contribution is -0.0699. The number of ether oxygens (including phenoxy) is 2. The SMILES string of the molecule is C=CCc1cc(C)ccc1OCCN1C[C@H](C)O[C@@H](C)C1. The van der Waals surface area contributed by atoms with Crippen molar-refractivity contribution in [2.24, 2.45) is 0 Å². The van der Waals surface area contributed by atoms with E-state index in [0.29, 0.717) is 18.8 Å². The summed E-state index contributed by atoms with van der Waals surface area (Å²) in [5, 5.41) is 0. The first-order valence-corrected chi connectivity index (χ1v) is 7.79. The molecule has 1 aliphatic rings. The predicted octanol–water partition coefficient (Wildman–Crippen LogP) is 3.21. The molecule has 0 spiro atoms. The summed E-state index contributed by atoms with van der Waals surface area (Å²) in [5.41, 5.74) is 2.48. The number of hydrogen-bond donors (Lipinski definition) is 0. The number of morpholine rings is 1. The molecule has 21 heavy (non-hydrogen) atoms. The summed E-state index contributed by atoms with van der Waals surface area (Å²) < 4.78 is 11.7. The highest BCUT2D eigenvalue weighted by Crippen LogP contribution is 2.21. The van der Waals surface area contributed by atoms with E-state index in [1.807, 2.05) is 6.08 Å². The number of benzene rings is 1. The highest BCUT2D eigenvalue weighted by molar-refractivity contribution is 5.38. The molecule has 0 amide bonds. The molecule has 0 aromatic heterocycles. The zero-order valence-electron chi connectivity index (χ0n) is 13.5. The van der Waals surface area contributed by atoms with Crippen LogP contribution in [0.3, 0.4) is 0 Å². The zero-order chi connectivity index (χ0) is 15.2. The molecule has 2 atom stereocenters. The zero-order valence-corrected chi connectivity index (χ0v) is 13.5. The third kappa shape index (κ3) is 4.87. The number of hydrogen-bond acceptors (Lipinski definition) is 3. The average Bonchev–Trinajstić information content (AvgIpc) is 2.40. The van der Waals surface area contributed by atoms with Gasteiger partial charge in [-0.15, -0.1) is 6.58 Å². The Hall–Kier alpha value is -1.32. The van der Waals surface area contributed by atoms with E-state index >= 15 is 0 Å². The topological polar surface area (TPSA) is 21.7 Å². The molecule has 1 aliphatic heterocycles. The number of nitrogens with zero attached hydrogens (tertiary/aromatic N) is 1. The van der Waals surface area contributed by atoms with Crippen LogP contribution in [0.2, 0.25) is 0 Å². The monoisotopic (exact) mass is 289 g/mol. The lowest BCUT2D eigenvalue weighted by Gasteiger charge is -2.35. The molecular weight excluding hydrogens is 262 g/mol. The van der Waals surface area contributed by atoms with Crippen LogP contribution in [0.25, 0.3) is 0 Å². The summed E-state index contributed by atoms with van der Waals surface area (Å²) in [6.07, 6.45) is 3.39. The van der Waals surface area contributed by atoms with Gasteiger partial charge in [0.05, 0.1) is 12.2 Å². The second kappa shape index (κ2) is 7.62. The standard InChI is InChI=1S/C18H27NO2/c1-5-6-17-11-14(2)7-8-18(17)20-10-9-19-12-15(3)21-16(4)13-19/h5,7-8,11,15-16H,1,6,9-10,12-13H2,2-4H3/t15-,16-/m0/s1. The van der Waals surface area contributed by atoms with Crippen molar-refractivity contribution in [2.75, 3.05) is 26.2 Å². The van der Waals surface area contributed by atoms with Crippen molar-refractivity contribution in [1.82, 2.24) is 4.90 Å². The van der Waals surface area contributed by atoms with E-state index in [1.165, 1.54) is 11.1 Å². The van der Waals surface area contributed by atoms with Gasteiger partial charge in [0.2, 0.25) is 0 Å². The van der Waals surface area contributed by atoms with Gasteiger partial charge in [-0.25, -0.2) is 0 Å². The molecule has 0 aliphatic carbocycles. The lowest BCUT2D eigenvalue weighted by atomic mass is 10.1. The van der Waals surface area contributed by atoms with Gasteiger partial charge in [-0.05, 0) is 38.8 Å². The molecule has 0 saturated carbocycles. The van der Waals surface area contributed by atoms with Crippen LogP contribution in [0.15, 0.2) is 30.9 Å². The van der Waals surface area contributed by atoms with Gasteiger partial charge < -0.3 is 9.47 Å². The molecule has 0 unspecified atom stereocenters. The van der Waals surface area contributed by atoms with Gasteiger partial charge in [0.25, 0.3) is 0 Å². The van der Waals surface area contributed by atoms with Gasteiger partial charge in [0, 0.05) is 19.6 Å². The van der Waals surface area contributed by atoms with Gasteiger partial charge in [-0.3, -0.25) is 4.90 Å². The van der Waals surface area contributed by atoms with E-state index in [1.54, 1.807) is 0 Å². The molecular formula is C18H27NO2. The lowest BCUT2D eigenvalue weighted by Crippen LogP contribution is -2.46. The summed E-state index contributed by atoms with van der Waals surface area (Å²) in [7, 11) is 0. The molecule has 1 saturated heterocycles. The van der Waals surface area contributed by atoms with E-state index in [0.717, 1.165) is 31.8 Å². The molecule has 0 bridgehead atoms. The number of aryl methyl sites for hydroxylation is 1. The Balaban J connectivity index is 1.87. The first kappa shape index (κ1) is 16.1. The average molecular weight is 289 g/mol. The maximum atomic E-state index is 5.99. The van der Waals surface area contributed by atoms with Crippen LogP contribution in [-0.4, -0.2) is 43.3 Å². The Labute approximate surface area is 128 Å². The summed E-state index contributed by atoms with van der Waals surface area (Å²) in [4.78, 5) is 2.42.